The second-order valence-corrected chi connectivity index (χ2v) is 11.3. The lowest BCUT2D eigenvalue weighted by atomic mass is 10.1. The summed E-state index contributed by atoms with van der Waals surface area (Å²) in [6, 6.07) is 18.3. The van der Waals surface area contributed by atoms with Crippen LogP contribution in [0.5, 0.6) is 0 Å². The van der Waals surface area contributed by atoms with Gasteiger partial charge in [-0.05, 0) is 60.6 Å². The third kappa shape index (κ3) is 6.53. The molecule has 4 N–H and O–H groups in total. The summed E-state index contributed by atoms with van der Waals surface area (Å²) in [7, 11) is 0. The summed E-state index contributed by atoms with van der Waals surface area (Å²) in [6.07, 6.45) is -4.51. The second kappa shape index (κ2) is 12.5. The third-order valence-corrected chi connectivity index (χ3v) is 8.56. The van der Waals surface area contributed by atoms with Gasteiger partial charge in [0.25, 0.3) is 0 Å². The van der Waals surface area contributed by atoms with Crippen LogP contribution in [0.15, 0.2) is 66.7 Å². The molecule has 1 aliphatic rings. The van der Waals surface area contributed by atoms with Crippen LogP contribution in [-0.4, -0.2) is 63.8 Å². The molecule has 1 saturated heterocycles. The molecule has 44 heavy (non-hydrogen) atoms. The van der Waals surface area contributed by atoms with E-state index in [-0.39, 0.29) is 15.7 Å². The van der Waals surface area contributed by atoms with Gasteiger partial charge in [0.15, 0.2) is 5.82 Å². The van der Waals surface area contributed by atoms with Gasteiger partial charge in [-0.2, -0.15) is 18.3 Å². The number of nitrogens with one attached hydrogen (secondary N) is 4. The minimum absolute atomic E-state index is 0.0562. The monoisotopic (exact) mass is 714 g/mol. The first-order valence-corrected chi connectivity index (χ1v) is 15.7. The molecule has 0 bridgehead atoms. The van der Waals surface area contributed by atoms with Crippen molar-refractivity contribution in [1.82, 2.24) is 25.1 Å². The van der Waals surface area contributed by atoms with Crippen molar-refractivity contribution in [3.05, 3.63) is 77.9 Å². The molecule has 0 unspecified atom stereocenters. The van der Waals surface area contributed by atoms with Gasteiger partial charge in [0, 0.05) is 53.2 Å². The van der Waals surface area contributed by atoms with Gasteiger partial charge in [0.1, 0.15) is 5.69 Å². The van der Waals surface area contributed by atoms with Crippen molar-refractivity contribution in [3.63, 3.8) is 0 Å². The average molecular weight is 715 g/mol. The first kappa shape index (κ1) is 29.9. The number of piperazine rings is 1. The number of H-pyrrole nitrogens is 2. The third-order valence-electron chi connectivity index (χ3n) is 7.74. The van der Waals surface area contributed by atoms with Crippen molar-refractivity contribution in [1.29, 1.82) is 0 Å². The van der Waals surface area contributed by atoms with Crippen LogP contribution in [0.25, 0.3) is 33.8 Å². The van der Waals surface area contributed by atoms with Crippen molar-refractivity contribution < 1.29 is 18.0 Å². The molecule has 9 nitrogen and oxygen atoms in total. The number of hydrogen-bond acceptors (Lipinski definition) is 5. The van der Waals surface area contributed by atoms with Gasteiger partial charge in [-0.1, -0.05) is 47.7 Å². The molecule has 0 aliphatic carbocycles. The molecule has 228 valence electrons. The van der Waals surface area contributed by atoms with Gasteiger partial charge in [-0.15, -0.1) is 0 Å². The van der Waals surface area contributed by atoms with E-state index in [1.54, 1.807) is 24.3 Å². The molecule has 3 heterocycles. The summed E-state index contributed by atoms with van der Waals surface area (Å²) in [5, 5.41) is 12.6. The Hall–Kier alpha value is -4.11. The van der Waals surface area contributed by atoms with Gasteiger partial charge < -0.3 is 25.4 Å². The van der Waals surface area contributed by atoms with Crippen molar-refractivity contribution in [2.45, 2.75) is 17.5 Å². The molecule has 2 amide bonds. The number of carbonyl (C=O) groups excluding carboxylic acids is 1. The fourth-order valence-corrected chi connectivity index (χ4v) is 5.95. The van der Waals surface area contributed by atoms with Gasteiger partial charge in [0.2, 0.25) is 0 Å². The summed E-state index contributed by atoms with van der Waals surface area (Å²) in [5.41, 5.74) is 5.18. The molecule has 5 aromatic rings. The Morgan fingerprint density at radius 2 is 1.68 bits per heavy atom. The number of carbonyl (C=O) groups is 1. The van der Waals surface area contributed by atoms with Crippen LogP contribution in [0.1, 0.15) is 18.1 Å². The number of amides is 2. The number of aromatic amines is 2. The molecule has 6 rings (SSSR count). The molecule has 1 aliphatic heterocycles. The van der Waals surface area contributed by atoms with E-state index in [0.717, 1.165) is 61.1 Å². The summed E-state index contributed by atoms with van der Waals surface area (Å²) >= 11 is 1.88. The number of hydrogen-bond donors (Lipinski definition) is 4. The van der Waals surface area contributed by atoms with Crippen LogP contribution in [0.3, 0.4) is 0 Å². The Kier molecular flexibility index (Phi) is 8.49. The van der Waals surface area contributed by atoms with Crippen molar-refractivity contribution in [2.24, 2.45) is 0 Å². The van der Waals surface area contributed by atoms with E-state index in [1.807, 2.05) is 34.7 Å². The quantitative estimate of drug-likeness (QED) is 0.104. The smallest absolute Gasteiger partial charge is 0.369 e. The molecule has 0 atom stereocenters. The number of rotatable bonds is 7. The Morgan fingerprint density at radius 3 is 2.39 bits per heavy atom. The van der Waals surface area contributed by atoms with Crippen LogP contribution in [0, 0.1) is 0 Å². The minimum atomic E-state index is -4.51. The Labute approximate surface area is 265 Å². The molecule has 2 aromatic heterocycles. The Morgan fingerprint density at radius 1 is 0.955 bits per heavy atom. The molecule has 3 aromatic carbocycles. The predicted molar refractivity (Wildman–Crippen MR) is 175 cm³/mol. The highest BCUT2D eigenvalue weighted by molar-refractivity contribution is 14.1. The van der Waals surface area contributed by atoms with E-state index < -0.39 is 17.8 Å². The summed E-state index contributed by atoms with van der Waals surface area (Å²) in [6.45, 7) is 7.39. The number of alkyl halides is 4. The number of likely N-dealkylation sites (N-methyl/N-ethyl adjacent to an activating group) is 1. The molecule has 13 heteroatoms. The molecule has 0 spiro atoms. The second-order valence-electron chi connectivity index (χ2n) is 10.5. The lowest BCUT2D eigenvalue weighted by molar-refractivity contribution is -0.138. The van der Waals surface area contributed by atoms with E-state index in [4.69, 9.17) is 4.98 Å². The zero-order chi connectivity index (χ0) is 30.8. The zero-order valence-electron chi connectivity index (χ0n) is 23.8. The fraction of sp³-hybridized carbons (Fsp3) is 0.258. The maximum Gasteiger partial charge on any atom is 0.416 e. The van der Waals surface area contributed by atoms with Crippen LogP contribution in [-0.2, 0) is 10.6 Å². The van der Waals surface area contributed by atoms with Gasteiger partial charge >= 0.3 is 12.2 Å². The van der Waals surface area contributed by atoms with Gasteiger partial charge in [-0.25, -0.2) is 9.78 Å². The van der Waals surface area contributed by atoms with E-state index in [2.05, 4.69) is 54.7 Å². The number of aromatic nitrogens is 4. The number of halogens is 4. The summed E-state index contributed by atoms with van der Waals surface area (Å²) < 4.78 is 40.3. The Balaban J connectivity index is 1.10. The van der Waals surface area contributed by atoms with Crippen molar-refractivity contribution >= 4 is 56.7 Å². The number of fused-ring (bicyclic) bond motifs is 1. The number of anilines is 3. The number of nitrogens with zero attached hydrogens (tertiary/aromatic N) is 4. The topological polar surface area (TPSA) is 105 Å². The average Bonchev–Trinajstić information content (AvgIpc) is 3.68. The maximum atomic E-state index is 13.4. The van der Waals surface area contributed by atoms with Crippen LogP contribution >= 0.6 is 22.6 Å². The fourth-order valence-electron chi connectivity index (χ4n) is 5.29. The summed E-state index contributed by atoms with van der Waals surface area (Å²) in [4.78, 5) is 25.5. The highest BCUT2D eigenvalue weighted by atomic mass is 127. The molecular weight excluding hydrogens is 684 g/mol. The zero-order valence-corrected chi connectivity index (χ0v) is 26.0. The summed E-state index contributed by atoms with van der Waals surface area (Å²) in [5.74, 6) is 0.682. The van der Waals surface area contributed by atoms with E-state index >= 15 is 0 Å². The van der Waals surface area contributed by atoms with Crippen LogP contribution in [0.2, 0.25) is 0 Å². The standard InChI is InChI=1S/C31H30F3IN8O/c1-2-42-11-13-43(14-12-42)23-9-10-25-27(16-23)39-29(38-25)28-17-26(40-41-28)19-3-6-21(7-4-19)36-30(44)37-22-8-5-20(18-35)24(15-22)31(32,33)34/h3-10,15-17H,2,11-14,18H2,1H3,(H,38,39)(H,40,41)(H2,36,37,44). The van der Waals surface area contributed by atoms with Gasteiger partial charge in [0.05, 0.1) is 22.3 Å². The van der Waals surface area contributed by atoms with Gasteiger partial charge in [-0.3, -0.25) is 5.10 Å². The van der Waals surface area contributed by atoms with E-state index in [1.165, 1.54) is 17.8 Å². The molecule has 0 radical (unpaired) electrons. The van der Waals surface area contributed by atoms with E-state index in [0.29, 0.717) is 17.2 Å². The normalized spacial score (nSPS) is 14.2. The predicted octanol–water partition coefficient (Wildman–Crippen LogP) is 7.36. The number of imidazole rings is 1. The maximum absolute atomic E-state index is 13.4. The highest BCUT2D eigenvalue weighted by Crippen LogP contribution is 2.35. The lowest BCUT2D eigenvalue weighted by Gasteiger charge is -2.35. The largest absolute Gasteiger partial charge is 0.416 e. The van der Waals surface area contributed by atoms with Crippen LogP contribution in [0.4, 0.5) is 35.0 Å². The first-order chi connectivity index (χ1) is 21.2. The SMILES string of the molecule is CCN1CCN(c2ccc3nc(-c4cc(-c5ccc(NC(=O)Nc6ccc(CI)c(C(F)(F)F)c6)cc5)n[nH]4)[nH]c3c2)CC1. The molecule has 0 saturated carbocycles. The number of urea groups is 1. The Bertz CT molecular complexity index is 1780. The minimum Gasteiger partial charge on any atom is -0.369 e. The van der Waals surface area contributed by atoms with Crippen LogP contribution < -0.4 is 15.5 Å². The first-order valence-electron chi connectivity index (χ1n) is 14.2. The highest BCUT2D eigenvalue weighted by Gasteiger charge is 2.33. The lowest BCUT2D eigenvalue weighted by Crippen LogP contribution is -2.46. The number of benzene rings is 3. The van der Waals surface area contributed by atoms with Crippen molar-refractivity contribution in [3.8, 4) is 22.8 Å². The molecular formula is C31H30F3IN8O. The van der Waals surface area contributed by atoms with Crippen molar-refractivity contribution in [2.75, 3.05) is 48.3 Å². The van der Waals surface area contributed by atoms with E-state index in [9.17, 15) is 18.0 Å². The molecule has 1 fully saturated rings.